The Kier molecular flexibility index (Phi) is 4.49. The van der Waals surface area contributed by atoms with Gasteiger partial charge >= 0.3 is 0 Å². The Hall–Kier alpha value is -1.20. The van der Waals surface area contributed by atoms with E-state index in [1.54, 1.807) is 0 Å². The zero-order chi connectivity index (χ0) is 15.6. The number of nitrogens with one attached hydrogen (secondary N) is 1. The first kappa shape index (κ1) is 15.3. The monoisotopic (exact) mass is 316 g/mol. The summed E-state index contributed by atoms with van der Waals surface area (Å²) >= 11 is 0. The third-order valence-corrected chi connectivity index (χ3v) is 6.05. The predicted molar refractivity (Wildman–Crippen MR) is 90.3 cm³/mol. The van der Waals surface area contributed by atoms with E-state index in [4.69, 9.17) is 4.74 Å². The summed E-state index contributed by atoms with van der Waals surface area (Å²) in [5, 5.41) is 3.71. The van der Waals surface area contributed by atoms with Gasteiger partial charge in [-0.05, 0) is 43.9 Å². The molecule has 0 radical (unpaired) electrons. The molecule has 0 amide bonds. The second-order valence-electron chi connectivity index (χ2n) is 7.50. The summed E-state index contributed by atoms with van der Waals surface area (Å²) in [4.78, 5) is 11.3. The topological polar surface area (TPSA) is 50.3 Å². The van der Waals surface area contributed by atoms with Crippen molar-refractivity contribution in [3.63, 3.8) is 0 Å². The number of hydrogen-bond donors (Lipinski definition) is 1. The van der Waals surface area contributed by atoms with E-state index in [9.17, 15) is 0 Å². The molecule has 0 unspecified atom stereocenters. The quantitative estimate of drug-likeness (QED) is 0.903. The molecule has 126 valence electrons. The first-order valence-corrected chi connectivity index (χ1v) is 9.16. The summed E-state index contributed by atoms with van der Waals surface area (Å²) in [5.74, 6) is 3.70. The van der Waals surface area contributed by atoms with Gasteiger partial charge < -0.3 is 15.0 Å². The van der Waals surface area contributed by atoms with E-state index in [0.717, 1.165) is 56.6 Å². The van der Waals surface area contributed by atoms with E-state index in [-0.39, 0.29) is 0 Å². The van der Waals surface area contributed by atoms with Crippen LogP contribution in [-0.4, -0.2) is 42.3 Å². The summed E-state index contributed by atoms with van der Waals surface area (Å²) in [6.45, 7) is 6.55. The number of aromatic nitrogens is 2. The highest BCUT2D eigenvalue weighted by Crippen LogP contribution is 2.49. The van der Waals surface area contributed by atoms with Crippen molar-refractivity contribution < 1.29 is 4.74 Å². The van der Waals surface area contributed by atoms with E-state index < -0.39 is 0 Å². The van der Waals surface area contributed by atoms with Crippen LogP contribution in [0.25, 0.3) is 0 Å². The smallest absolute Gasteiger partial charge is 0.225 e. The molecule has 23 heavy (non-hydrogen) atoms. The van der Waals surface area contributed by atoms with Gasteiger partial charge in [-0.1, -0.05) is 6.42 Å². The van der Waals surface area contributed by atoms with Crippen LogP contribution < -0.4 is 10.2 Å². The number of anilines is 1. The zero-order valence-corrected chi connectivity index (χ0v) is 14.1. The normalized spacial score (nSPS) is 31.5. The number of hydrogen-bond acceptors (Lipinski definition) is 5. The molecule has 2 bridgehead atoms. The lowest BCUT2D eigenvalue weighted by Gasteiger charge is -2.29. The van der Waals surface area contributed by atoms with Gasteiger partial charge in [0.25, 0.3) is 0 Å². The number of nitrogens with zero attached hydrogens (tertiary/aromatic N) is 3. The molecule has 5 nitrogen and oxygen atoms in total. The van der Waals surface area contributed by atoms with Crippen molar-refractivity contribution in [2.45, 2.75) is 45.2 Å². The molecule has 1 saturated heterocycles. The molecule has 2 saturated carbocycles. The summed E-state index contributed by atoms with van der Waals surface area (Å²) in [7, 11) is 0. The van der Waals surface area contributed by atoms with Gasteiger partial charge in [0.2, 0.25) is 5.95 Å². The Morgan fingerprint density at radius 2 is 2.00 bits per heavy atom. The Balaban J connectivity index is 1.29. The Morgan fingerprint density at radius 1 is 1.22 bits per heavy atom. The Bertz CT molecular complexity index is 514. The number of morpholine rings is 1. The van der Waals surface area contributed by atoms with Crippen LogP contribution in [0.1, 0.15) is 38.2 Å². The molecule has 1 aliphatic heterocycles. The van der Waals surface area contributed by atoms with Gasteiger partial charge in [-0.25, -0.2) is 9.97 Å². The number of rotatable bonds is 5. The molecule has 5 heteroatoms. The average Bonchev–Trinajstić information content (AvgIpc) is 3.24. The summed E-state index contributed by atoms with van der Waals surface area (Å²) in [5.41, 5.74) is 1.18. The predicted octanol–water partition coefficient (Wildman–Crippen LogP) is 2.23. The van der Waals surface area contributed by atoms with Crippen LogP contribution in [0.5, 0.6) is 0 Å². The third kappa shape index (κ3) is 3.36. The van der Waals surface area contributed by atoms with Crippen molar-refractivity contribution >= 4 is 5.95 Å². The minimum Gasteiger partial charge on any atom is -0.378 e. The van der Waals surface area contributed by atoms with Crippen LogP contribution in [0.2, 0.25) is 0 Å². The average molecular weight is 316 g/mol. The molecule has 3 aliphatic rings. The molecule has 0 aromatic carbocycles. The van der Waals surface area contributed by atoms with Crippen molar-refractivity contribution in [1.29, 1.82) is 0 Å². The second-order valence-corrected chi connectivity index (χ2v) is 7.50. The molecule has 4 atom stereocenters. The fourth-order valence-electron chi connectivity index (χ4n) is 4.70. The van der Waals surface area contributed by atoms with Gasteiger partial charge in [-0.15, -0.1) is 0 Å². The van der Waals surface area contributed by atoms with Crippen LogP contribution >= 0.6 is 0 Å². The van der Waals surface area contributed by atoms with Crippen molar-refractivity contribution in [2.24, 2.45) is 17.8 Å². The minimum absolute atomic E-state index is 0.601. The van der Waals surface area contributed by atoms with Crippen LogP contribution in [0.3, 0.4) is 0 Å². The van der Waals surface area contributed by atoms with E-state index in [2.05, 4.69) is 27.1 Å². The molecule has 1 aromatic heterocycles. The van der Waals surface area contributed by atoms with Gasteiger partial charge in [-0.3, -0.25) is 0 Å². The molecule has 2 heterocycles. The standard InChI is InChI=1S/C18H28N4O/c1-13(17-9-14-2-3-16(17)8-14)19-10-15-11-20-18(21-12-15)22-4-6-23-7-5-22/h11-14,16-17,19H,2-10H2,1H3/t13-,14-,16-,17-/m0/s1. The molecule has 0 spiro atoms. The van der Waals surface area contributed by atoms with Gasteiger partial charge in [0, 0.05) is 43.6 Å². The highest BCUT2D eigenvalue weighted by atomic mass is 16.5. The fourth-order valence-corrected chi connectivity index (χ4v) is 4.70. The SMILES string of the molecule is C[C@H](NCc1cnc(N2CCOCC2)nc1)[C@@H]1C[C@H]2CC[C@H]1C2. The van der Waals surface area contributed by atoms with Crippen molar-refractivity contribution in [3.05, 3.63) is 18.0 Å². The van der Waals surface area contributed by atoms with Crippen LogP contribution in [-0.2, 0) is 11.3 Å². The zero-order valence-electron chi connectivity index (χ0n) is 14.1. The number of fused-ring (bicyclic) bond motifs is 2. The number of ether oxygens (including phenoxy) is 1. The molecule has 4 rings (SSSR count). The van der Waals surface area contributed by atoms with Crippen LogP contribution in [0.4, 0.5) is 5.95 Å². The van der Waals surface area contributed by atoms with E-state index in [0.29, 0.717) is 6.04 Å². The van der Waals surface area contributed by atoms with E-state index >= 15 is 0 Å². The lowest BCUT2D eigenvalue weighted by Crippen LogP contribution is -2.37. The first-order valence-electron chi connectivity index (χ1n) is 9.16. The van der Waals surface area contributed by atoms with Gasteiger partial charge in [0.05, 0.1) is 13.2 Å². The highest BCUT2D eigenvalue weighted by Gasteiger charge is 2.41. The maximum Gasteiger partial charge on any atom is 0.225 e. The molecule has 2 aliphatic carbocycles. The lowest BCUT2D eigenvalue weighted by atomic mass is 9.84. The third-order valence-electron chi connectivity index (χ3n) is 6.05. The van der Waals surface area contributed by atoms with Gasteiger partial charge in [0.1, 0.15) is 0 Å². The van der Waals surface area contributed by atoms with E-state index in [1.807, 2.05) is 12.4 Å². The van der Waals surface area contributed by atoms with Gasteiger partial charge in [0.15, 0.2) is 0 Å². The second kappa shape index (κ2) is 6.73. The van der Waals surface area contributed by atoms with Gasteiger partial charge in [-0.2, -0.15) is 0 Å². The highest BCUT2D eigenvalue weighted by molar-refractivity contribution is 5.30. The fraction of sp³-hybridized carbons (Fsp3) is 0.778. The summed E-state index contributed by atoms with van der Waals surface area (Å²) < 4.78 is 5.37. The van der Waals surface area contributed by atoms with E-state index in [1.165, 1.54) is 31.2 Å². The maximum absolute atomic E-state index is 5.37. The molecule has 1 aromatic rings. The summed E-state index contributed by atoms with van der Waals surface area (Å²) in [6, 6.07) is 0.601. The van der Waals surface area contributed by atoms with Crippen molar-refractivity contribution in [3.8, 4) is 0 Å². The Labute approximate surface area is 138 Å². The summed E-state index contributed by atoms with van der Waals surface area (Å²) in [6.07, 6.45) is 9.79. The van der Waals surface area contributed by atoms with Crippen molar-refractivity contribution in [1.82, 2.24) is 15.3 Å². The molecular formula is C18H28N4O. The first-order chi connectivity index (χ1) is 11.3. The van der Waals surface area contributed by atoms with Crippen molar-refractivity contribution in [2.75, 3.05) is 31.2 Å². The van der Waals surface area contributed by atoms with Crippen LogP contribution in [0.15, 0.2) is 12.4 Å². The maximum atomic E-state index is 5.37. The molecule has 3 fully saturated rings. The molecular weight excluding hydrogens is 288 g/mol. The largest absolute Gasteiger partial charge is 0.378 e. The van der Waals surface area contributed by atoms with Crippen LogP contribution in [0, 0.1) is 17.8 Å². The lowest BCUT2D eigenvalue weighted by molar-refractivity contribution is 0.122. The molecule has 1 N–H and O–H groups in total. The Morgan fingerprint density at radius 3 is 2.65 bits per heavy atom. The minimum atomic E-state index is 0.601.